The van der Waals surface area contributed by atoms with Gasteiger partial charge in [0.25, 0.3) is 0 Å². The summed E-state index contributed by atoms with van der Waals surface area (Å²) in [5.74, 6) is 0.898. The number of nitrogens with one attached hydrogen (secondary N) is 1. The molecule has 0 spiro atoms. The molecule has 1 fully saturated rings. The van der Waals surface area contributed by atoms with E-state index in [1.54, 1.807) is 6.20 Å². The molecule has 1 N–H and O–H groups in total. The number of pyridine rings is 1. The smallest absolute Gasteiger partial charge is 0.131 e. The van der Waals surface area contributed by atoms with Crippen molar-refractivity contribution in [1.82, 2.24) is 4.98 Å². The van der Waals surface area contributed by atoms with Crippen molar-refractivity contribution in [2.45, 2.75) is 25.6 Å². The number of hydrogen-bond donors (Lipinski definition) is 1. The van der Waals surface area contributed by atoms with Crippen LogP contribution in [0.5, 0.6) is 0 Å². The molecule has 1 saturated heterocycles. The molecule has 0 atom stereocenters. The predicted molar refractivity (Wildman–Crippen MR) is 62.4 cm³/mol. The molecule has 1 aliphatic rings. The zero-order valence-corrected chi connectivity index (χ0v) is 9.61. The lowest BCUT2D eigenvalue weighted by atomic mass is 10.1. The molecule has 0 aromatic carbocycles. The van der Waals surface area contributed by atoms with Crippen molar-refractivity contribution in [2.24, 2.45) is 0 Å². The van der Waals surface area contributed by atoms with Crippen molar-refractivity contribution in [3.8, 4) is 0 Å². The second-order valence-electron chi connectivity index (χ2n) is 3.88. The highest BCUT2D eigenvalue weighted by atomic mass is 16.5. The van der Waals surface area contributed by atoms with Crippen LogP contribution in [0.3, 0.4) is 0 Å². The minimum absolute atomic E-state index is 0.332. The van der Waals surface area contributed by atoms with Gasteiger partial charge in [0, 0.05) is 32.0 Å². The van der Waals surface area contributed by atoms with Gasteiger partial charge in [0.1, 0.15) is 5.82 Å². The number of nitrogens with zero attached hydrogens (tertiary/aromatic N) is 1. The molecule has 4 heteroatoms. The van der Waals surface area contributed by atoms with Gasteiger partial charge in [0.15, 0.2) is 0 Å². The molecule has 1 aromatic heterocycles. The van der Waals surface area contributed by atoms with Crippen LogP contribution in [0.2, 0.25) is 0 Å². The number of hydrogen-bond acceptors (Lipinski definition) is 4. The topological polar surface area (TPSA) is 43.4 Å². The Labute approximate surface area is 96.0 Å². The van der Waals surface area contributed by atoms with Crippen LogP contribution >= 0.6 is 0 Å². The van der Waals surface area contributed by atoms with E-state index in [0.717, 1.165) is 37.4 Å². The monoisotopic (exact) mass is 222 g/mol. The first-order valence-electron chi connectivity index (χ1n) is 5.71. The molecule has 0 saturated carbocycles. The Morgan fingerprint density at radius 2 is 2.31 bits per heavy atom. The average molecular weight is 222 g/mol. The molecule has 2 heterocycles. The van der Waals surface area contributed by atoms with Gasteiger partial charge in [-0.05, 0) is 18.9 Å². The summed E-state index contributed by atoms with van der Waals surface area (Å²) in [7, 11) is 1.88. The van der Waals surface area contributed by atoms with E-state index in [4.69, 9.17) is 9.47 Å². The third-order valence-corrected chi connectivity index (χ3v) is 2.77. The van der Waals surface area contributed by atoms with E-state index in [1.807, 2.05) is 19.2 Å². The summed E-state index contributed by atoms with van der Waals surface area (Å²) >= 11 is 0. The second-order valence-corrected chi connectivity index (χ2v) is 3.88. The summed E-state index contributed by atoms with van der Waals surface area (Å²) in [5.41, 5.74) is 1.11. The summed E-state index contributed by atoms with van der Waals surface area (Å²) in [6.45, 7) is 2.25. The van der Waals surface area contributed by atoms with Gasteiger partial charge in [-0.1, -0.05) is 6.07 Å². The lowest BCUT2D eigenvalue weighted by Gasteiger charge is -2.22. The molecule has 1 aliphatic heterocycles. The Hall–Kier alpha value is -1.13. The van der Waals surface area contributed by atoms with Crippen molar-refractivity contribution in [3.63, 3.8) is 0 Å². The first kappa shape index (κ1) is 11.4. The number of ether oxygens (including phenoxy) is 2. The third kappa shape index (κ3) is 2.93. The van der Waals surface area contributed by atoms with Gasteiger partial charge < -0.3 is 14.8 Å². The van der Waals surface area contributed by atoms with Gasteiger partial charge in [-0.25, -0.2) is 4.98 Å². The molecule has 1 aromatic rings. The molecule has 0 aliphatic carbocycles. The fraction of sp³-hybridized carbons (Fsp3) is 0.583. The van der Waals surface area contributed by atoms with E-state index < -0.39 is 0 Å². The van der Waals surface area contributed by atoms with Crippen LogP contribution in [0.1, 0.15) is 18.4 Å². The van der Waals surface area contributed by atoms with Gasteiger partial charge in [0.05, 0.1) is 12.7 Å². The van der Waals surface area contributed by atoms with Crippen LogP contribution in [-0.2, 0) is 16.1 Å². The fourth-order valence-corrected chi connectivity index (χ4v) is 1.83. The Kier molecular flexibility index (Phi) is 4.13. The van der Waals surface area contributed by atoms with E-state index >= 15 is 0 Å². The van der Waals surface area contributed by atoms with Crippen molar-refractivity contribution in [3.05, 3.63) is 23.9 Å². The van der Waals surface area contributed by atoms with Crippen molar-refractivity contribution < 1.29 is 9.47 Å². The lowest BCUT2D eigenvalue weighted by Crippen LogP contribution is -2.23. The molecular formula is C12H18N2O2. The zero-order chi connectivity index (χ0) is 11.2. The normalized spacial score (nSPS) is 17.3. The molecule has 2 rings (SSSR count). The van der Waals surface area contributed by atoms with E-state index in [-0.39, 0.29) is 0 Å². The van der Waals surface area contributed by atoms with Crippen LogP contribution in [-0.4, -0.2) is 31.3 Å². The quantitative estimate of drug-likeness (QED) is 0.844. The van der Waals surface area contributed by atoms with E-state index in [2.05, 4.69) is 10.3 Å². The highest BCUT2D eigenvalue weighted by Gasteiger charge is 2.14. The van der Waals surface area contributed by atoms with Crippen LogP contribution < -0.4 is 5.32 Å². The number of anilines is 1. The summed E-state index contributed by atoms with van der Waals surface area (Å²) in [4.78, 5) is 4.25. The Morgan fingerprint density at radius 1 is 1.50 bits per heavy atom. The van der Waals surface area contributed by atoms with Gasteiger partial charge in [0.2, 0.25) is 0 Å². The molecular weight excluding hydrogens is 204 g/mol. The third-order valence-electron chi connectivity index (χ3n) is 2.77. The standard InChI is InChI=1S/C12H18N2O2/c1-13-12-10(3-2-6-14-12)9-16-11-4-7-15-8-5-11/h2-3,6,11H,4-5,7-9H2,1H3,(H,13,14). The van der Waals surface area contributed by atoms with E-state index in [0.29, 0.717) is 12.7 Å². The maximum absolute atomic E-state index is 5.85. The lowest BCUT2D eigenvalue weighted by molar-refractivity contribution is -0.0389. The van der Waals surface area contributed by atoms with Gasteiger partial charge in [-0.3, -0.25) is 0 Å². The number of aromatic nitrogens is 1. The van der Waals surface area contributed by atoms with Gasteiger partial charge >= 0.3 is 0 Å². The minimum atomic E-state index is 0.332. The fourth-order valence-electron chi connectivity index (χ4n) is 1.83. The van der Waals surface area contributed by atoms with Crippen LogP contribution in [0.25, 0.3) is 0 Å². The second kappa shape index (κ2) is 5.82. The summed E-state index contributed by atoms with van der Waals surface area (Å²) < 4.78 is 11.1. The van der Waals surface area contributed by atoms with E-state index in [9.17, 15) is 0 Å². The minimum Gasteiger partial charge on any atom is -0.381 e. The summed E-state index contributed by atoms with van der Waals surface area (Å²) in [6, 6.07) is 3.97. The predicted octanol–water partition coefficient (Wildman–Crippen LogP) is 1.82. The maximum Gasteiger partial charge on any atom is 0.131 e. The van der Waals surface area contributed by atoms with Crippen molar-refractivity contribution >= 4 is 5.82 Å². The Bertz CT molecular complexity index is 325. The molecule has 4 nitrogen and oxygen atoms in total. The highest BCUT2D eigenvalue weighted by Crippen LogP contribution is 2.16. The van der Waals surface area contributed by atoms with Crippen LogP contribution in [0, 0.1) is 0 Å². The van der Waals surface area contributed by atoms with Crippen molar-refractivity contribution in [2.75, 3.05) is 25.6 Å². The van der Waals surface area contributed by atoms with Gasteiger partial charge in [-0.2, -0.15) is 0 Å². The molecule has 0 unspecified atom stereocenters. The molecule has 88 valence electrons. The molecule has 16 heavy (non-hydrogen) atoms. The maximum atomic E-state index is 5.85. The van der Waals surface area contributed by atoms with Gasteiger partial charge in [-0.15, -0.1) is 0 Å². The molecule has 0 bridgehead atoms. The van der Waals surface area contributed by atoms with Crippen molar-refractivity contribution in [1.29, 1.82) is 0 Å². The molecule has 0 amide bonds. The van der Waals surface area contributed by atoms with E-state index in [1.165, 1.54) is 0 Å². The summed E-state index contributed by atoms with van der Waals surface area (Å²) in [5, 5.41) is 3.07. The highest BCUT2D eigenvalue weighted by molar-refractivity contribution is 5.42. The first-order valence-corrected chi connectivity index (χ1v) is 5.71. The number of rotatable bonds is 4. The average Bonchev–Trinajstić information content (AvgIpc) is 2.38. The molecule has 0 radical (unpaired) electrons. The Balaban J connectivity index is 1.88. The summed E-state index contributed by atoms with van der Waals surface area (Å²) in [6.07, 6.45) is 4.10. The zero-order valence-electron chi connectivity index (χ0n) is 9.61. The largest absolute Gasteiger partial charge is 0.381 e. The Morgan fingerprint density at radius 3 is 3.06 bits per heavy atom. The SMILES string of the molecule is CNc1ncccc1COC1CCOCC1. The first-order chi connectivity index (χ1) is 7.90. The van der Waals surface area contributed by atoms with Crippen LogP contribution in [0.4, 0.5) is 5.82 Å². The van der Waals surface area contributed by atoms with Crippen LogP contribution in [0.15, 0.2) is 18.3 Å².